The minimum absolute atomic E-state index is 1.23. The van der Waals surface area contributed by atoms with E-state index in [1.807, 2.05) is 22.7 Å². The lowest BCUT2D eigenvalue weighted by atomic mass is 10.0. The molecule has 0 bridgehead atoms. The summed E-state index contributed by atoms with van der Waals surface area (Å²) < 4.78 is 0. The van der Waals surface area contributed by atoms with Gasteiger partial charge < -0.3 is 0 Å². The maximum Gasteiger partial charge on any atom is 0.0345 e. The zero-order valence-corrected chi connectivity index (χ0v) is 24.1. The Morgan fingerprint density at radius 2 is 0.861 bits per heavy atom. The maximum atomic E-state index is 2.37. The van der Waals surface area contributed by atoms with Crippen molar-refractivity contribution in [1.82, 2.24) is 0 Å². The molecule has 0 aliphatic rings. The molecule has 0 nitrogen and oxygen atoms in total. The van der Waals surface area contributed by atoms with Crippen molar-refractivity contribution < 1.29 is 0 Å². The van der Waals surface area contributed by atoms with Crippen molar-refractivity contribution >= 4 is 33.4 Å². The van der Waals surface area contributed by atoms with Crippen LogP contribution in [0.25, 0.3) is 31.7 Å². The molecule has 36 heavy (non-hydrogen) atoms. The van der Waals surface area contributed by atoms with Crippen LogP contribution in [0.1, 0.15) is 101 Å². The van der Waals surface area contributed by atoms with Crippen LogP contribution in [0.5, 0.6) is 0 Å². The highest BCUT2D eigenvalue weighted by molar-refractivity contribution is 7.15. The summed E-state index contributed by atoms with van der Waals surface area (Å²) in [5.41, 5.74) is 2.71. The Hall–Kier alpha value is -1.90. The van der Waals surface area contributed by atoms with E-state index in [2.05, 4.69) is 74.5 Å². The Labute approximate surface area is 227 Å². The number of hydrogen-bond donors (Lipinski definition) is 0. The summed E-state index contributed by atoms with van der Waals surface area (Å²) in [5, 5.41) is 2.68. The van der Waals surface area contributed by atoms with Gasteiger partial charge in [0.25, 0.3) is 0 Å². The minimum Gasteiger partial charge on any atom is -0.140 e. The lowest BCUT2D eigenvalue weighted by molar-refractivity contribution is 0.609. The van der Waals surface area contributed by atoms with Crippen molar-refractivity contribution in [3.8, 4) is 20.9 Å². The number of fused-ring (bicyclic) bond motifs is 1. The molecule has 2 heteroatoms. The van der Waals surface area contributed by atoms with Crippen LogP contribution in [0.3, 0.4) is 0 Å². The normalized spacial score (nSPS) is 11.5. The molecule has 0 aliphatic heterocycles. The van der Waals surface area contributed by atoms with Crippen LogP contribution >= 0.6 is 22.7 Å². The highest BCUT2D eigenvalue weighted by atomic mass is 32.1. The molecule has 0 unspecified atom stereocenters. The predicted octanol–water partition coefficient (Wildman–Crippen LogP) is 12.1. The van der Waals surface area contributed by atoms with E-state index >= 15 is 0 Å². The zero-order chi connectivity index (χ0) is 25.0. The molecule has 0 saturated carbocycles. The van der Waals surface area contributed by atoms with Gasteiger partial charge in [-0.15, -0.1) is 22.7 Å². The van der Waals surface area contributed by atoms with Gasteiger partial charge in [-0.05, 0) is 84.0 Å². The van der Waals surface area contributed by atoms with Gasteiger partial charge in [-0.3, -0.25) is 0 Å². The van der Waals surface area contributed by atoms with Crippen LogP contribution in [0.2, 0.25) is 0 Å². The number of unbranched alkanes of at least 4 members (excludes halogenated alkanes) is 10. The molecule has 2 heterocycles. The molecule has 0 radical (unpaired) electrons. The van der Waals surface area contributed by atoms with Gasteiger partial charge in [0.2, 0.25) is 0 Å². The topological polar surface area (TPSA) is 0 Å². The first-order chi connectivity index (χ1) is 17.8. The van der Waals surface area contributed by atoms with Crippen molar-refractivity contribution in [3.63, 3.8) is 0 Å². The number of hydrogen-bond acceptors (Lipinski definition) is 2. The minimum atomic E-state index is 1.23. The van der Waals surface area contributed by atoms with E-state index in [9.17, 15) is 0 Å². The van der Waals surface area contributed by atoms with Gasteiger partial charge in [-0.2, -0.15) is 0 Å². The third-order valence-electron chi connectivity index (χ3n) is 7.29. The average molecular weight is 517 g/mol. The van der Waals surface area contributed by atoms with Gasteiger partial charge in [-0.1, -0.05) is 102 Å². The Morgan fingerprint density at radius 3 is 1.31 bits per heavy atom. The Morgan fingerprint density at radius 1 is 0.444 bits per heavy atom. The van der Waals surface area contributed by atoms with Crippen molar-refractivity contribution in [2.24, 2.45) is 0 Å². The second-order valence-corrected chi connectivity index (χ2v) is 12.7. The Balaban J connectivity index is 1.33. The second kappa shape index (κ2) is 14.7. The van der Waals surface area contributed by atoms with E-state index in [4.69, 9.17) is 0 Å². The summed E-state index contributed by atoms with van der Waals surface area (Å²) in [5.74, 6) is 0. The molecule has 0 saturated heterocycles. The van der Waals surface area contributed by atoms with Gasteiger partial charge in [0, 0.05) is 19.5 Å². The number of thiophene rings is 2. The van der Waals surface area contributed by atoms with Gasteiger partial charge >= 0.3 is 0 Å². The molecular weight excluding hydrogens is 473 g/mol. The molecule has 0 atom stereocenters. The van der Waals surface area contributed by atoms with E-state index < -0.39 is 0 Å². The molecule has 0 spiro atoms. The molecule has 0 amide bonds. The third kappa shape index (κ3) is 8.05. The summed E-state index contributed by atoms with van der Waals surface area (Å²) >= 11 is 3.96. The first-order valence-corrected chi connectivity index (χ1v) is 16.1. The van der Waals surface area contributed by atoms with E-state index in [0.29, 0.717) is 0 Å². The number of rotatable bonds is 16. The van der Waals surface area contributed by atoms with Crippen molar-refractivity contribution in [2.45, 2.75) is 104 Å². The van der Waals surface area contributed by atoms with Gasteiger partial charge in [0.15, 0.2) is 0 Å². The lowest BCUT2D eigenvalue weighted by Gasteiger charge is -2.05. The monoisotopic (exact) mass is 516 g/mol. The highest BCUT2D eigenvalue weighted by Crippen LogP contribution is 2.34. The van der Waals surface area contributed by atoms with Gasteiger partial charge in [0.05, 0.1) is 0 Å². The quantitative estimate of drug-likeness (QED) is 0.130. The molecular formula is C34H44S2. The lowest BCUT2D eigenvalue weighted by Crippen LogP contribution is -1.82. The first-order valence-electron chi connectivity index (χ1n) is 14.5. The van der Waals surface area contributed by atoms with E-state index in [0.717, 1.165) is 0 Å². The van der Waals surface area contributed by atoms with Crippen LogP contribution in [-0.4, -0.2) is 0 Å². The van der Waals surface area contributed by atoms with Crippen molar-refractivity contribution in [3.05, 3.63) is 70.4 Å². The Bertz CT molecular complexity index is 1090. The Kier molecular flexibility index (Phi) is 11.1. The summed E-state index contributed by atoms with van der Waals surface area (Å²) in [4.78, 5) is 5.87. The number of benzene rings is 2. The summed E-state index contributed by atoms with van der Waals surface area (Å²) in [7, 11) is 0. The van der Waals surface area contributed by atoms with Crippen molar-refractivity contribution in [1.29, 1.82) is 0 Å². The van der Waals surface area contributed by atoms with Gasteiger partial charge in [-0.25, -0.2) is 0 Å². The van der Waals surface area contributed by atoms with Gasteiger partial charge in [0.1, 0.15) is 0 Å². The summed E-state index contributed by atoms with van der Waals surface area (Å²) in [6.45, 7) is 4.57. The zero-order valence-electron chi connectivity index (χ0n) is 22.5. The standard InChI is InChI=1S/C34H44S2/c1-3-5-7-9-11-13-15-31-21-23-33(35-31)29-19-17-28-26-30(20-18-27(28)25-29)34-24-22-32(36-34)16-14-12-10-8-6-4-2/h17-26H,3-16H2,1-2H3. The largest absolute Gasteiger partial charge is 0.140 e. The molecule has 4 aromatic rings. The SMILES string of the molecule is CCCCCCCCc1ccc(-c2ccc3cc(-c4ccc(CCCCCCCC)s4)ccc3c2)s1. The fourth-order valence-electron chi connectivity index (χ4n) is 5.05. The molecule has 192 valence electrons. The molecule has 0 fully saturated rings. The second-order valence-electron chi connectivity index (χ2n) is 10.3. The fraction of sp³-hybridized carbons (Fsp3) is 0.471. The fourth-order valence-corrected chi connectivity index (χ4v) is 7.14. The summed E-state index contributed by atoms with van der Waals surface area (Å²) in [6, 6.07) is 23.3. The van der Waals surface area contributed by atoms with Crippen molar-refractivity contribution in [2.75, 3.05) is 0 Å². The van der Waals surface area contributed by atoms with Crippen LogP contribution in [-0.2, 0) is 12.8 Å². The van der Waals surface area contributed by atoms with Crippen LogP contribution in [0.15, 0.2) is 60.7 Å². The van der Waals surface area contributed by atoms with E-state index in [1.165, 1.54) is 131 Å². The third-order valence-corrected chi connectivity index (χ3v) is 9.67. The molecule has 4 rings (SSSR count). The molecule has 0 aliphatic carbocycles. The number of aryl methyl sites for hydroxylation is 2. The average Bonchev–Trinajstić information content (AvgIpc) is 3.58. The van der Waals surface area contributed by atoms with E-state index in [1.54, 1.807) is 0 Å². The molecule has 2 aromatic heterocycles. The molecule has 2 aromatic carbocycles. The van der Waals surface area contributed by atoms with Crippen LogP contribution < -0.4 is 0 Å². The highest BCUT2D eigenvalue weighted by Gasteiger charge is 2.08. The van der Waals surface area contributed by atoms with Crippen LogP contribution in [0.4, 0.5) is 0 Å². The van der Waals surface area contributed by atoms with E-state index in [-0.39, 0.29) is 0 Å². The smallest absolute Gasteiger partial charge is 0.0345 e. The molecule has 0 N–H and O–H groups in total. The first kappa shape index (κ1) is 27.1. The maximum absolute atomic E-state index is 2.37. The summed E-state index contributed by atoms with van der Waals surface area (Å²) in [6.07, 6.45) is 18.9. The van der Waals surface area contributed by atoms with Crippen LogP contribution in [0, 0.1) is 0 Å². The predicted molar refractivity (Wildman–Crippen MR) is 165 cm³/mol.